The summed E-state index contributed by atoms with van der Waals surface area (Å²) in [5, 5.41) is 3.38. The van der Waals surface area contributed by atoms with Gasteiger partial charge in [0.15, 0.2) is 0 Å². The SMILES string of the molecule is c1ncn(C2CCCSC2)c1C1CNCCO1. The summed E-state index contributed by atoms with van der Waals surface area (Å²) >= 11 is 2.05. The van der Waals surface area contributed by atoms with Gasteiger partial charge in [-0.15, -0.1) is 0 Å². The van der Waals surface area contributed by atoms with Crippen LogP contribution in [-0.2, 0) is 4.74 Å². The van der Waals surface area contributed by atoms with Crippen LogP contribution in [0.2, 0.25) is 0 Å². The van der Waals surface area contributed by atoms with Crippen LogP contribution in [0.5, 0.6) is 0 Å². The van der Waals surface area contributed by atoms with Crippen molar-refractivity contribution in [3.8, 4) is 0 Å². The van der Waals surface area contributed by atoms with E-state index in [1.807, 2.05) is 12.5 Å². The van der Waals surface area contributed by atoms with E-state index in [2.05, 4.69) is 26.6 Å². The highest BCUT2D eigenvalue weighted by Crippen LogP contribution is 2.30. The maximum atomic E-state index is 5.82. The van der Waals surface area contributed by atoms with Crippen molar-refractivity contribution in [1.29, 1.82) is 0 Å². The topological polar surface area (TPSA) is 39.1 Å². The molecule has 0 bridgehead atoms. The van der Waals surface area contributed by atoms with Gasteiger partial charge in [0.05, 0.1) is 24.8 Å². The Morgan fingerprint density at radius 3 is 3.29 bits per heavy atom. The van der Waals surface area contributed by atoms with Gasteiger partial charge in [-0.1, -0.05) is 0 Å². The maximum Gasteiger partial charge on any atom is 0.111 e. The van der Waals surface area contributed by atoms with Crippen LogP contribution in [0.1, 0.15) is 30.7 Å². The lowest BCUT2D eigenvalue weighted by Crippen LogP contribution is -2.35. The summed E-state index contributed by atoms with van der Waals surface area (Å²) in [5.74, 6) is 2.52. The summed E-state index contributed by atoms with van der Waals surface area (Å²) in [6.07, 6.45) is 6.71. The zero-order chi connectivity index (χ0) is 11.5. The highest BCUT2D eigenvalue weighted by Gasteiger charge is 2.24. The van der Waals surface area contributed by atoms with Crippen LogP contribution < -0.4 is 5.32 Å². The Hall–Kier alpha value is -0.520. The van der Waals surface area contributed by atoms with Gasteiger partial charge in [-0.3, -0.25) is 0 Å². The second-order valence-corrected chi connectivity index (χ2v) is 5.81. The number of hydrogen-bond donors (Lipinski definition) is 1. The van der Waals surface area contributed by atoms with E-state index in [9.17, 15) is 0 Å². The lowest BCUT2D eigenvalue weighted by molar-refractivity contribution is 0.0220. The minimum Gasteiger partial charge on any atom is -0.369 e. The third-order valence-corrected chi connectivity index (χ3v) is 4.68. The summed E-state index contributed by atoms with van der Waals surface area (Å²) in [6, 6.07) is 0.608. The molecule has 0 radical (unpaired) electrons. The number of nitrogens with one attached hydrogen (secondary N) is 1. The van der Waals surface area contributed by atoms with Crippen LogP contribution in [0, 0.1) is 0 Å². The second-order valence-electron chi connectivity index (χ2n) is 4.66. The Bertz CT molecular complexity index is 324. The molecule has 17 heavy (non-hydrogen) atoms. The van der Waals surface area contributed by atoms with Crippen LogP contribution in [0.3, 0.4) is 0 Å². The summed E-state index contributed by atoms with van der Waals surface area (Å²) in [5.41, 5.74) is 1.24. The molecular weight excluding hydrogens is 234 g/mol. The fourth-order valence-corrected chi connectivity index (χ4v) is 3.70. The van der Waals surface area contributed by atoms with Crippen LogP contribution in [-0.4, -0.2) is 40.8 Å². The smallest absolute Gasteiger partial charge is 0.111 e. The van der Waals surface area contributed by atoms with Gasteiger partial charge in [-0.25, -0.2) is 4.98 Å². The molecule has 1 N–H and O–H groups in total. The molecule has 0 spiro atoms. The van der Waals surface area contributed by atoms with Crippen molar-refractivity contribution in [3.63, 3.8) is 0 Å². The predicted octanol–water partition coefficient (Wildman–Crippen LogP) is 1.61. The minimum absolute atomic E-state index is 0.179. The normalized spacial score (nSPS) is 30.4. The molecule has 2 atom stereocenters. The number of aromatic nitrogens is 2. The molecule has 0 aromatic carbocycles. The van der Waals surface area contributed by atoms with Gasteiger partial charge in [0.2, 0.25) is 0 Å². The first kappa shape index (κ1) is 11.6. The quantitative estimate of drug-likeness (QED) is 0.869. The van der Waals surface area contributed by atoms with Gasteiger partial charge in [-0.05, 0) is 18.6 Å². The fraction of sp³-hybridized carbons (Fsp3) is 0.750. The first-order valence-electron chi connectivity index (χ1n) is 6.37. The highest BCUT2D eigenvalue weighted by molar-refractivity contribution is 7.99. The zero-order valence-corrected chi connectivity index (χ0v) is 10.8. The van der Waals surface area contributed by atoms with Gasteiger partial charge in [-0.2, -0.15) is 11.8 Å². The molecule has 1 aromatic heterocycles. The van der Waals surface area contributed by atoms with Crippen LogP contribution in [0.4, 0.5) is 0 Å². The molecule has 3 heterocycles. The van der Waals surface area contributed by atoms with E-state index < -0.39 is 0 Å². The minimum atomic E-state index is 0.179. The zero-order valence-electron chi connectivity index (χ0n) is 9.97. The maximum absolute atomic E-state index is 5.82. The first-order valence-corrected chi connectivity index (χ1v) is 7.52. The van der Waals surface area contributed by atoms with Gasteiger partial charge in [0.1, 0.15) is 6.10 Å². The lowest BCUT2D eigenvalue weighted by atomic mass is 10.1. The van der Waals surface area contributed by atoms with Crippen LogP contribution >= 0.6 is 11.8 Å². The van der Waals surface area contributed by atoms with Crippen molar-refractivity contribution < 1.29 is 4.74 Å². The third-order valence-electron chi connectivity index (χ3n) is 3.48. The summed E-state index contributed by atoms with van der Waals surface area (Å²) < 4.78 is 8.16. The number of thioether (sulfide) groups is 1. The largest absolute Gasteiger partial charge is 0.369 e. The number of rotatable bonds is 2. The second kappa shape index (κ2) is 5.42. The molecule has 1 aromatic rings. The van der Waals surface area contributed by atoms with Crippen molar-refractivity contribution in [2.45, 2.75) is 25.0 Å². The average Bonchev–Trinajstić information content (AvgIpc) is 2.90. The van der Waals surface area contributed by atoms with E-state index in [0.29, 0.717) is 6.04 Å². The van der Waals surface area contributed by atoms with Gasteiger partial charge in [0.25, 0.3) is 0 Å². The Balaban J connectivity index is 1.77. The molecule has 2 unspecified atom stereocenters. The monoisotopic (exact) mass is 253 g/mol. The average molecular weight is 253 g/mol. The third kappa shape index (κ3) is 2.51. The number of morpholine rings is 1. The summed E-state index contributed by atoms with van der Waals surface area (Å²) in [7, 11) is 0. The Labute approximate surface area is 106 Å². The van der Waals surface area contributed by atoms with Gasteiger partial charge >= 0.3 is 0 Å². The van der Waals surface area contributed by atoms with E-state index in [1.165, 1.54) is 30.0 Å². The molecule has 94 valence electrons. The Morgan fingerprint density at radius 1 is 1.53 bits per heavy atom. The lowest BCUT2D eigenvalue weighted by Gasteiger charge is -2.29. The molecule has 4 nitrogen and oxygen atoms in total. The van der Waals surface area contributed by atoms with Crippen molar-refractivity contribution in [1.82, 2.24) is 14.9 Å². The molecule has 2 saturated heterocycles. The van der Waals surface area contributed by atoms with E-state index in [0.717, 1.165) is 19.7 Å². The molecule has 0 amide bonds. The number of imidazole rings is 1. The first-order chi connectivity index (χ1) is 8.45. The van der Waals surface area contributed by atoms with E-state index in [1.54, 1.807) is 0 Å². The van der Waals surface area contributed by atoms with Gasteiger partial charge in [0, 0.05) is 24.9 Å². The number of nitrogens with zero attached hydrogens (tertiary/aromatic N) is 2. The highest BCUT2D eigenvalue weighted by atomic mass is 32.2. The van der Waals surface area contributed by atoms with E-state index in [-0.39, 0.29) is 6.10 Å². The van der Waals surface area contributed by atoms with E-state index >= 15 is 0 Å². The molecule has 5 heteroatoms. The molecule has 0 saturated carbocycles. The molecule has 2 aliphatic rings. The standard InChI is InChI=1S/C12H19N3OS/c1-2-10(8-17-5-1)15-9-14-6-11(15)12-7-13-3-4-16-12/h6,9-10,12-13H,1-5,7-8H2. The fourth-order valence-electron chi connectivity index (χ4n) is 2.57. The number of hydrogen-bond acceptors (Lipinski definition) is 4. The molecule has 2 fully saturated rings. The van der Waals surface area contributed by atoms with Crippen molar-refractivity contribution in [2.24, 2.45) is 0 Å². The Kier molecular flexibility index (Phi) is 3.68. The Morgan fingerprint density at radius 2 is 2.53 bits per heavy atom. The summed E-state index contributed by atoms with van der Waals surface area (Å²) in [4.78, 5) is 4.32. The van der Waals surface area contributed by atoms with Crippen LogP contribution in [0.25, 0.3) is 0 Å². The van der Waals surface area contributed by atoms with Crippen molar-refractivity contribution in [2.75, 3.05) is 31.2 Å². The molecular formula is C12H19N3OS. The van der Waals surface area contributed by atoms with Crippen LogP contribution in [0.15, 0.2) is 12.5 Å². The molecule has 0 aliphatic carbocycles. The van der Waals surface area contributed by atoms with Crippen molar-refractivity contribution >= 4 is 11.8 Å². The number of ether oxygens (including phenoxy) is 1. The molecule has 3 rings (SSSR count). The van der Waals surface area contributed by atoms with Gasteiger partial charge < -0.3 is 14.6 Å². The molecule has 2 aliphatic heterocycles. The van der Waals surface area contributed by atoms with Crippen molar-refractivity contribution in [3.05, 3.63) is 18.2 Å². The summed E-state index contributed by atoms with van der Waals surface area (Å²) in [6.45, 7) is 2.67. The van der Waals surface area contributed by atoms with E-state index in [4.69, 9.17) is 4.74 Å². The predicted molar refractivity (Wildman–Crippen MR) is 69.4 cm³/mol.